The van der Waals surface area contributed by atoms with Gasteiger partial charge in [0.2, 0.25) is 5.79 Å². The van der Waals surface area contributed by atoms with E-state index < -0.39 is 11.4 Å². The molecule has 7 unspecified atom stereocenters. The summed E-state index contributed by atoms with van der Waals surface area (Å²) in [5.41, 5.74) is -1.42. The van der Waals surface area contributed by atoms with Gasteiger partial charge in [0.15, 0.2) is 13.6 Å². The van der Waals surface area contributed by atoms with Crippen molar-refractivity contribution in [3.63, 3.8) is 0 Å². The second-order valence-electron chi connectivity index (χ2n) is 10.1. The van der Waals surface area contributed by atoms with Crippen LogP contribution in [-0.2, 0) is 33.3 Å². The molecular formula is C22H28O7. The van der Waals surface area contributed by atoms with E-state index in [9.17, 15) is 9.59 Å². The number of hydrogen-bond donors (Lipinski definition) is 0. The van der Waals surface area contributed by atoms with Crippen LogP contribution >= 0.6 is 0 Å². The largest absolute Gasteiger partial charge is 0.431 e. The number of carbonyl (C=O) groups excluding carboxylic acids is 2. The Balaban J connectivity index is 1.42. The zero-order valence-corrected chi connectivity index (χ0v) is 17.0. The number of carbonyl (C=O) groups is 2. The Morgan fingerprint density at radius 2 is 1.90 bits per heavy atom. The van der Waals surface area contributed by atoms with E-state index in [1.54, 1.807) is 0 Å². The Bertz CT molecular complexity index is 808. The summed E-state index contributed by atoms with van der Waals surface area (Å²) in [7, 11) is 0. The van der Waals surface area contributed by atoms with Crippen molar-refractivity contribution in [2.24, 2.45) is 28.6 Å². The fourth-order valence-corrected chi connectivity index (χ4v) is 7.88. The average molecular weight is 404 g/mol. The third-order valence-electron chi connectivity index (χ3n) is 9.16. The molecule has 3 aliphatic carbocycles. The highest BCUT2D eigenvalue weighted by atomic mass is 16.9. The molecule has 6 aliphatic rings. The molecule has 29 heavy (non-hydrogen) atoms. The molecule has 5 fully saturated rings. The highest BCUT2D eigenvalue weighted by molar-refractivity contribution is 5.86. The lowest BCUT2D eigenvalue weighted by Gasteiger charge is -2.57. The predicted molar refractivity (Wildman–Crippen MR) is 98.0 cm³/mol. The number of rotatable bonds is 0. The number of ether oxygens (including phenoxy) is 5. The highest BCUT2D eigenvalue weighted by Crippen LogP contribution is 2.70. The van der Waals surface area contributed by atoms with E-state index in [1.807, 2.05) is 0 Å². The van der Waals surface area contributed by atoms with E-state index in [2.05, 4.69) is 19.9 Å². The molecule has 0 aromatic heterocycles. The molecule has 0 bridgehead atoms. The van der Waals surface area contributed by atoms with Gasteiger partial charge in [-0.05, 0) is 43.6 Å². The minimum absolute atomic E-state index is 0.108. The lowest BCUT2D eigenvalue weighted by molar-refractivity contribution is -0.246. The molecule has 3 heterocycles. The summed E-state index contributed by atoms with van der Waals surface area (Å²) in [6, 6.07) is 0. The second kappa shape index (κ2) is 5.69. The summed E-state index contributed by atoms with van der Waals surface area (Å²) in [6.45, 7) is 5.01. The summed E-state index contributed by atoms with van der Waals surface area (Å²) in [5, 5.41) is 0. The van der Waals surface area contributed by atoms with Gasteiger partial charge in [-0.2, -0.15) is 0 Å². The monoisotopic (exact) mass is 404 g/mol. The van der Waals surface area contributed by atoms with Crippen LogP contribution in [0.4, 0.5) is 0 Å². The summed E-state index contributed by atoms with van der Waals surface area (Å²) >= 11 is 0. The molecule has 0 radical (unpaired) electrons. The highest BCUT2D eigenvalue weighted by Gasteiger charge is 2.76. The van der Waals surface area contributed by atoms with Crippen LogP contribution in [0.3, 0.4) is 0 Å². The smallest absolute Gasteiger partial charge is 0.310 e. The van der Waals surface area contributed by atoms with Gasteiger partial charge >= 0.3 is 5.97 Å². The van der Waals surface area contributed by atoms with E-state index in [0.717, 1.165) is 19.3 Å². The van der Waals surface area contributed by atoms with Gasteiger partial charge in [-0.15, -0.1) is 0 Å². The van der Waals surface area contributed by atoms with Crippen LogP contribution in [-0.4, -0.2) is 43.3 Å². The lowest BCUT2D eigenvalue weighted by atomic mass is 9.48. The van der Waals surface area contributed by atoms with Gasteiger partial charge < -0.3 is 23.7 Å². The molecule has 2 spiro atoms. The number of hydrogen-bond acceptors (Lipinski definition) is 7. The molecular weight excluding hydrogens is 376 g/mol. The number of ketones is 1. The molecule has 3 aliphatic heterocycles. The Hall–Kier alpha value is -1.28. The van der Waals surface area contributed by atoms with Crippen LogP contribution in [0, 0.1) is 28.6 Å². The quantitative estimate of drug-likeness (QED) is 0.574. The molecule has 0 N–H and O–H groups in total. The zero-order chi connectivity index (χ0) is 20.1. The first-order valence-corrected chi connectivity index (χ1v) is 10.8. The first-order valence-electron chi connectivity index (χ1n) is 10.8. The van der Waals surface area contributed by atoms with Gasteiger partial charge in [-0.25, -0.2) is 0 Å². The maximum absolute atomic E-state index is 13.7. The van der Waals surface area contributed by atoms with Crippen LogP contribution in [0.15, 0.2) is 11.8 Å². The molecule has 6 rings (SSSR count). The second-order valence-corrected chi connectivity index (χ2v) is 10.1. The molecule has 158 valence electrons. The third kappa shape index (κ3) is 2.03. The van der Waals surface area contributed by atoms with Gasteiger partial charge in [-0.3, -0.25) is 9.59 Å². The Morgan fingerprint density at radius 1 is 1.07 bits per heavy atom. The first-order chi connectivity index (χ1) is 13.9. The van der Waals surface area contributed by atoms with E-state index in [0.29, 0.717) is 37.5 Å². The Morgan fingerprint density at radius 3 is 2.69 bits per heavy atom. The van der Waals surface area contributed by atoms with E-state index in [-0.39, 0.29) is 48.0 Å². The molecule has 0 aromatic rings. The molecule has 7 atom stereocenters. The van der Waals surface area contributed by atoms with Crippen molar-refractivity contribution >= 4 is 11.8 Å². The topological polar surface area (TPSA) is 80.3 Å². The third-order valence-corrected chi connectivity index (χ3v) is 9.16. The number of Topliss-reactive ketones (excluding diaryl/α,β-unsaturated/α-hetero) is 1. The van der Waals surface area contributed by atoms with Crippen LogP contribution < -0.4 is 0 Å². The molecule has 2 saturated carbocycles. The number of allylic oxidation sites excluding steroid dienone is 2. The SMILES string of the molecule is CC12CCC(=O)OC1=CCC1C2C(=O)CC2(C)C1CCC21OCOC12COCO2. The Labute approximate surface area is 170 Å². The van der Waals surface area contributed by atoms with Crippen molar-refractivity contribution in [1.82, 2.24) is 0 Å². The van der Waals surface area contributed by atoms with Crippen molar-refractivity contribution in [2.45, 2.75) is 63.8 Å². The maximum Gasteiger partial charge on any atom is 0.310 e. The van der Waals surface area contributed by atoms with E-state index >= 15 is 0 Å². The minimum atomic E-state index is -0.913. The summed E-state index contributed by atoms with van der Waals surface area (Å²) < 4.78 is 29.4. The van der Waals surface area contributed by atoms with Crippen LogP contribution in [0.2, 0.25) is 0 Å². The van der Waals surface area contributed by atoms with Gasteiger partial charge in [-0.1, -0.05) is 13.8 Å². The van der Waals surface area contributed by atoms with Crippen LogP contribution in [0.25, 0.3) is 0 Å². The van der Waals surface area contributed by atoms with E-state index in [4.69, 9.17) is 23.7 Å². The Kier molecular flexibility index (Phi) is 3.63. The van der Waals surface area contributed by atoms with Crippen molar-refractivity contribution in [3.8, 4) is 0 Å². The number of esters is 1. The molecule has 0 amide bonds. The fourth-order valence-electron chi connectivity index (χ4n) is 7.88. The van der Waals surface area contributed by atoms with Crippen molar-refractivity contribution in [2.75, 3.05) is 20.2 Å². The summed E-state index contributed by atoms with van der Waals surface area (Å²) in [4.78, 5) is 25.6. The minimum Gasteiger partial charge on any atom is -0.431 e. The van der Waals surface area contributed by atoms with Crippen molar-refractivity contribution in [3.05, 3.63) is 11.8 Å². The maximum atomic E-state index is 13.7. The van der Waals surface area contributed by atoms with Gasteiger partial charge in [0.05, 0.1) is 0 Å². The van der Waals surface area contributed by atoms with E-state index in [1.165, 1.54) is 0 Å². The normalized spacial score (nSPS) is 53.6. The summed E-state index contributed by atoms with van der Waals surface area (Å²) in [6.07, 6.45) is 6.09. The molecule has 7 nitrogen and oxygen atoms in total. The summed E-state index contributed by atoms with van der Waals surface area (Å²) in [5.74, 6) is 0.299. The van der Waals surface area contributed by atoms with Gasteiger partial charge in [0, 0.05) is 29.6 Å². The van der Waals surface area contributed by atoms with Gasteiger partial charge in [0.25, 0.3) is 0 Å². The molecule has 3 saturated heterocycles. The zero-order valence-electron chi connectivity index (χ0n) is 17.0. The molecule has 0 aromatic carbocycles. The van der Waals surface area contributed by atoms with Gasteiger partial charge in [0.1, 0.15) is 23.8 Å². The van der Waals surface area contributed by atoms with Crippen molar-refractivity contribution < 1.29 is 33.3 Å². The fraction of sp³-hybridized carbons (Fsp3) is 0.818. The van der Waals surface area contributed by atoms with Crippen LogP contribution in [0.1, 0.15) is 52.4 Å². The number of fused-ring (bicyclic) bond motifs is 7. The first kappa shape index (κ1) is 18.5. The standard InChI is InChI=1S/C22H28O7/c1-19-7-6-17(24)29-16(19)4-3-13-14-5-8-21(20(14,2)9-15(23)18(13)19)22(28-12-26-21)10-25-11-27-22/h4,13-14,18H,3,5-12H2,1-2H3. The average Bonchev–Trinajstić information content (AvgIpc) is 3.37. The lowest BCUT2D eigenvalue weighted by Crippen LogP contribution is -2.65. The predicted octanol–water partition coefficient (Wildman–Crippen LogP) is 2.68. The van der Waals surface area contributed by atoms with Crippen LogP contribution in [0.5, 0.6) is 0 Å². The molecule has 7 heteroatoms. The van der Waals surface area contributed by atoms with Crippen molar-refractivity contribution in [1.29, 1.82) is 0 Å².